The van der Waals surface area contributed by atoms with Crippen molar-refractivity contribution in [3.8, 4) is 5.75 Å². The first-order chi connectivity index (χ1) is 17.8. The molecule has 9 heteroatoms. The average Bonchev–Trinajstić information content (AvgIpc) is 3.47. The molecule has 1 saturated heterocycles. The summed E-state index contributed by atoms with van der Waals surface area (Å²) in [5.41, 5.74) is 1.59. The first-order valence-corrected chi connectivity index (χ1v) is 15.2. The number of hydrogen-bond acceptors (Lipinski definition) is 8. The van der Waals surface area contributed by atoms with Crippen LogP contribution in [-0.4, -0.2) is 40.8 Å². The van der Waals surface area contributed by atoms with Crippen LogP contribution in [0.25, 0.3) is 6.08 Å². The van der Waals surface area contributed by atoms with Crippen molar-refractivity contribution in [1.82, 2.24) is 0 Å². The quantitative estimate of drug-likeness (QED) is 0.114. The summed E-state index contributed by atoms with van der Waals surface area (Å²) in [5, 5.41) is 12.0. The number of anilines is 1. The largest absolute Gasteiger partial charge is 0.464 e. The van der Waals surface area contributed by atoms with Gasteiger partial charge in [0.25, 0.3) is 5.69 Å². The first-order valence-electron chi connectivity index (χ1n) is 12.8. The fourth-order valence-electron chi connectivity index (χ4n) is 5.52. The van der Waals surface area contributed by atoms with E-state index in [4.69, 9.17) is 9.47 Å². The molecule has 0 saturated carbocycles. The van der Waals surface area contributed by atoms with Crippen LogP contribution in [-0.2, 0) is 14.9 Å². The zero-order valence-corrected chi connectivity index (χ0v) is 22.8. The van der Waals surface area contributed by atoms with Crippen LogP contribution in [0.1, 0.15) is 57.1 Å². The normalized spacial score (nSPS) is 23.0. The lowest BCUT2D eigenvalue weighted by Crippen LogP contribution is -2.60. The fraction of sp³-hybridized carbons (Fsp3) is 0.464. The molecule has 0 N–H and O–H groups in total. The lowest BCUT2D eigenvalue weighted by molar-refractivity contribution is -0.384. The summed E-state index contributed by atoms with van der Waals surface area (Å²) < 4.78 is 12.3. The van der Waals surface area contributed by atoms with E-state index in [0.717, 1.165) is 29.3 Å². The highest BCUT2D eigenvalue weighted by Crippen LogP contribution is 2.54. The molecular weight excluding hydrogens is 508 g/mol. The predicted molar refractivity (Wildman–Crippen MR) is 150 cm³/mol. The van der Waals surface area contributed by atoms with E-state index in [1.54, 1.807) is 6.07 Å². The Morgan fingerprint density at radius 3 is 2.86 bits per heavy atom. The van der Waals surface area contributed by atoms with Gasteiger partial charge in [0.05, 0.1) is 16.9 Å². The molecule has 3 aliphatic rings. The lowest BCUT2D eigenvalue weighted by Gasteiger charge is -2.47. The summed E-state index contributed by atoms with van der Waals surface area (Å²) in [6, 6.07) is 12.9. The lowest BCUT2D eigenvalue weighted by atomic mass is 9.76. The molecule has 0 aromatic heterocycles. The summed E-state index contributed by atoms with van der Waals surface area (Å²) >= 11 is 0. The number of nitrogens with zero attached hydrogens (tertiary/aromatic N) is 2. The molecule has 2 unspecified atom stereocenters. The van der Waals surface area contributed by atoms with E-state index in [1.807, 2.05) is 45.9 Å². The van der Waals surface area contributed by atoms with Gasteiger partial charge in [0.15, 0.2) is 0 Å². The second-order valence-corrected chi connectivity index (χ2v) is 13.0. The van der Waals surface area contributed by atoms with Gasteiger partial charge in [0.2, 0.25) is 5.72 Å². The van der Waals surface area contributed by atoms with Crippen LogP contribution in [0.2, 0.25) is 0 Å². The standard InChI is InChI=1S/C28H32N2O5S2/c1-27(2)23-8-4-5-9-24(23)29(16-17-34-26(31)10-6-3-7-22-14-18-36-37-22)28(27)15-13-20-19-21(30(32)33)11-12-25(20)35-28/h4-5,8-9,11-13,15,19,22H,3,6-7,10,14,16-18H2,1-2H3. The van der Waals surface area contributed by atoms with Crippen molar-refractivity contribution in [2.45, 2.75) is 62.3 Å². The summed E-state index contributed by atoms with van der Waals surface area (Å²) in [6.45, 7) is 5.00. The van der Waals surface area contributed by atoms with E-state index in [1.165, 1.54) is 30.7 Å². The monoisotopic (exact) mass is 540 g/mol. The van der Waals surface area contributed by atoms with Gasteiger partial charge in [-0.3, -0.25) is 14.9 Å². The van der Waals surface area contributed by atoms with Gasteiger partial charge in [-0.25, -0.2) is 0 Å². The van der Waals surface area contributed by atoms with Gasteiger partial charge in [-0.05, 0) is 63.0 Å². The number of ether oxygens (including phenoxy) is 2. The number of benzene rings is 2. The molecule has 3 aliphatic heterocycles. The Balaban J connectivity index is 1.28. The summed E-state index contributed by atoms with van der Waals surface area (Å²) in [4.78, 5) is 25.5. The molecule has 0 bridgehead atoms. The maximum absolute atomic E-state index is 12.5. The number of carbonyl (C=O) groups is 1. The molecule has 0 amide bonds. The smallest absolute Gasteiger partial charge is 0.305 e. The van der Waals surface area contributed by atoms with Crippen LogP contribution in [0.3, 0.4) is 0 Å². The Kier molecular flexibility index (Phi) is 7.45. The van der Waals surface area contributed by atoms with Gasteiger partial charge < -0.3 is 14.4 Å². The van der Waals surface area contributed by atoms with E-state index in [-0.39, 0.29) is 18.3 Å². The molecule has 0 radical (unpaired) electrons. The van der Waals surface area contributed by atoms with E-state index in [2.05, 4.69) is 30.9 Å². The van der Waals surface area contributed by atoms with Crippen LogP contribution in [0, 0.1) is 10.1 Å². The molecule has 5 rings (SSSR count). The Labute approximate surface area is 225 Å². The Bertz CT molecular complexity index is 1210. The van der Waals surface area contributed by atoms with E-state index in [0.29, 0.717) is 24.3 Å². The van der Waals surface area contributed by atoms with Crippen LogP contribution in [0.4, 0.5) is 11.4 Å². The first kappa shape index (κ1) is 26.0. The number of fused-ring (bicyclic) bond motifs is 2. The molecule has 37 heavy (non-hydrogen) atoms. The Hall–Kier alpha value is -2.65. The minimum Gasteiger partial charge on any atom is -0.464 e. The van der Waals surface area contributed by atoms with Crippen molar-refractivity contribution >= 4 is 45.0 Å². The van der Waals surface area contributed by atoms with Gasteiger partial charge in [-0.15, -0.1) is 0 Å². The van der Waals surface area contributed by atoms with E-state index < -0.39 is 16.1 Å². The number of esters is 1. The van der Waals surface area contributed by atoms with Gasteiger partial charge in [0.1, 0.15) is 12.4 Å². The highest BCUT2D eigenvalue weighted by atomic mass is 33.1. The Morgan fingerprint density at radius 1 is 1.24 bits per heavy atom. The summed E-state index contributed by atoms with van der Waals surface area (Å²) in [5.74, 6) is 1.67. The fourth-order valence-corrected chi connectivity index (χ4v) is 8.55. The SMILES string of the molecule is CC1(C)c2ccccc2N(CCOC(=O)CCCCC2CCSS2)C12C=Cc1cc([N+](=O)[O-])ccc1O2. The molecule has 2 aromatic carbocycles. The van der Waals surface area contributed by atoms with Gasteiger partial charge in [-0.2, -0.15) is 0 Å². The summed E-state index contributed by atoms with van der Waals surface area (Å²) in [6.07, 6.45) is 8.69. The van der Waals surface area contributed by atoms with Gasteiger partial charge >= 0.3 is 5.97 Å². The maximum Gasteiger partial charge on any atom is 0.305 e. The second kappa shape index (κ2) is 10.6. The van der Waals surface area contributed by atoms with Crippen molar-refractivity contribution in [2.75, 3.05) is 23.8 Å². The molecule has 2 atom stereocenters. The molecule has 7 nitrogen and oxygen atoms in total. The number of non-ortho nitro benzene ring substituents is 1. The third kappa shape index (κ3) is 4.95. The molecule has 1 fully saturated rings. The topological polar surface area (TPSA) is 81.9 Å². The number of nitro groups is 1. The number of hydrogen-bond donors (Lipinski definition) is 0. The van der Waals surface area contributed by atoms with Crippen molar-refractivity contribution in [2.24, 2.45) is 0 Å². The number of rotatable bonds is 9. The number of para-hydroxylation sites is 1. The third-order valence-corrected chi connectivity index (χ3v) is 10.6. The predicted octanol–water partition coefficient (Wildman–Crippen LogP) is 6.75. The highest BCUT2D eigenvalue weighted by molar-refractivity contribution is 8.77. The van der Waals surface area contributed by atoms with Crippen LogP contribution in [0.5, 0.6) is 5.75 Å². The molecule has 196 valence electrons. The van der Waals surface area contributed by atoms with Crippen LogP contribution < -0.4 is 9.64 Å². The number of nitro benzene ring substituents is 1. The van der Waals surface area contributed by atoms with E-state index in [9.17, 15) is 14.9 Å². The van der Waals surface area contributed by atoms with E-state index >= 15 is 0 Å². The van der Waals surface area contributed by atoms with Crippen LogP contribution in [0.15, 0.2) is 48.5 Å². The molecular formula is C28H32N2O5S2. The average molecular weight is 541 g/mol. The van der Waals surface area contributed by atoms with Gasteiger partial charge in [-0.1, -0.05) is 46.2 Å². The third-order valence-electron chi connectivity index (χ3n) is 7.59. The molecule has 3 heterocycles. The highest BCUT2D eigenvalue weighted by Gasteiger charge is 2.58. The van der Waals surface area contributed by atoms with Crippen molar-refractivity contribution in [1.29, 1.82) is 0 Å². The zero-order valence-electron chi connectivity index (χ0n) is 21.2. The zero-order chi connectivity index (χ0) is 26.0. The Morgan fingerprint density at radius 2 is 2.08 bits per heavy atom. The summed E-state index contributed by atoms with van der Waals surface area (Å²) in [7, 11) is 3.93. The second-order valence-electron chi connectivity index (χ2n) is 10.2. The van der Waals surface area contributed by atoms with Gasteiger partial charge in [0, 0.05) is 40.8 Å². The minimum atomic E-state index is -0.858. The van der Waals surface area contributed by atoms with Crippen molar-refractivity contribution in [3.05, 3.63) is 69.8 Å². The van der Waals surface area contributed by atoms with Crippen LogP contribution >= 0.6 is 21.6 Å². The number of carbonyl (C=O) groups excluding carboxylic acids is 1. The minimum absolute atomic E-state index is 0.0292. The number of unbranched alkanes of at least 4 members (excludes halogenated alkanes) is 1. The van der Waals surface area contributed by atoms with Crippen molar-refractivity contribution in [3.63, 3.8) is 0 Å². The molecule has 2 aromatic rings. The van der Waals surface area contributed by atoms with Crippen molar-refractivity contribution < 1.29 is 19.2 Å². The maximum atomic E-state index is 12.5. The molecule has 0 aliphatic carbocycles. The molecule has 1 spiro atoms.